The number of halogens is 1. The van der Waals surface area contributed by atoms with Crippen LogP contribution in [0.5, 0.6) is 0 Å². The number of amides is 1. The first-order valence-electron chi connectivity index (χ1n) is 9.10. The molecular weight excluding hydrogens is 337 g/mol. The molecule has 1 aliphatic rings. The van der Waals surface area contributed by atoms with Gasteiger partial charge in [0.1, 0.15) is 5.82 Å². The SMILES string of the molecule is C[C@@H]1[C@H](C)CCC[C@H]1NC(=O)COC(=O)CCC(=O)c1ccc(F)cc1. The fourth-order valence-electron chi connectivity index (χ4n) is 3.25. The monoisotopic (exact) mass is 363 g/mol. The average Bonchev–Trinajstić information content (AvgIpc) is 2.62. The molecule has 0 spiro atoms. The number of carbonyl (C=O) groups is 3. The Balaban J connectivity index is 1.68. The van der Waals surface area contributed by atoms with Crippen LogP contribution >= 0.6 is 0 Å². The fraction of sp³-hybridized carbons (Fsp3) is 0.550. The van der Waals surface area contributed by atoms with Crippen LogP contribution in [-0.2, 0) is 14.3 Å². The summed E-state index contributed by atoms with van der Waals surface area (Å²) in [5, 5.41) is 2.93. The van der Waals surface area contributed by atoms with E-state index in [0.717, 1.165) is 12.8 Å². The molecule has 1 fully saturated rings. The molecule has 0 unspecified atom stereocenters. The first kappa shape index (κ1) is 20.1. The molecule has 1 aromatic carbocycles. The van der Waals surface area contributed by atoms with E-state index in [1.54, 1.807) is 0 Å². The third-order valence-corrected chi connectivity index (χ3v) is 5.14. The minimum atomic E-state index is -0.597. The van der Waals surface area contributed by atoms with Crippen LogP contribution in [0.25, 0.3) is 0 Å². The molecular formula is C20H26FNO4. The second-order valence-electron chi connectivity index (χ2n) is 7.03. The number of nitrogens with one attached hydrogen (secondary N) is 1. The minimum Gasteiger partial charge on any atom is -0.456 e. The fourth-order valence-corrected chi connectivity index (χ4v) is 3.25. The van der Waals surface area contributed by atoms with E-state index in [2.05, 4.69) is 19.2 Å². The van der Waals surface area contributed by atoms with Crippen LogP contribution in [-0.4, -0.2) is 30.3 Å². The third-order valence-electron chi connectivity index (χ3n) is 5.14. The van der Waals surface area contributed by atoms with Crippen LogP contribution in [0.4, 0.5) is 4.39 Å². The molecule has 0 saturated heterocycles. The van der Waals surface area contributed by atoms with Crippen molar-refractivity contribution >= 4 is 17.7 Å². The number of esters is 1. The van der Waals surface area contributed by atoms with E-state index in [1.165, 1.54) is 30.7 Å². The van der Waals surface area contributed by atoms with Gasteiger partial charge in [0.25, 0.3) is 5.91 Å². The summed E-state index contributed by atoms with van der Waals surface area (Å²) < 4.78 is 17.8. The van der Waals surface area contributed by atoms with Gasteiger partial charge in [0, 0.05) is 18.0 Å². The molecule has 5 nitrogen and oxygen atoms in total. The largest absolute Gasteiger partial charge is 0.456 e. The predicted molar refractivity (Wildman–Crippen MR) is 95.0 cm³/mol. The molecule has 0 radical (unpaired) electrons. The molecule has 3 atom stereocenters. The first-order chi connectivity index (χ1) is 12.4. The van der Waals surface area contributed by atoms with E-state index in [0.29, 0.717) is 17.4 Å². The lowest BCUT2D eigenvalue weighted by Gasteiger charge is -2.34. The van der Waals surface area contributed by atoms with Gasteiger partial charge in [-0.3, -0.25) is 14.4 Å². The van der Waals surface area contributed by atoms with Gasteiger partial charge in [-0.05, 0) is 42.5 Å². The van der Waals surface area contributed by atoms with Gasteiger partial charge in [-0.15, -0.1) is 0 Å². The van der Waals surface area contributed by atoms with E-state index >= 15 is 0 Å². The molecule has 0 aromatic heterocycles. The summed E-state index contributed by atoms with van der Waals surface area (Å²) in [5.41, 5.74) is 0.345. The summed E-state index contributed by atoms with van der Waals surface area (Å²) in [6.07, 6.45) is 3.05. The molecule has 142 valence electrons. The Morgan fingerprint density at radius 2 is 1.81 bits per heavy atom. The van der Waals surface area contributed by atoms with Crippen molar-refractivity contribution in [2.75, 3.05) is 6.61 Å². The molecule has 0 bridgehead atoms. The van der Waals surface area contributed by atoms with Gasteiger partial charge >= 0.3 is 5.97 Å². The van der Waals surface area contributed by atoms with Gasteiger partial charge < -0.3 is 10.1 Å². The lowest BCUT2D eigenvalue weighted by molar-refractivity contribution is -0.148. The maximum absolute atomic E-state index is 12.8. The zero-order chi connectivity index (χ0) is 19.1. The second kappa shape index (κ2) is 9.46. The van der Waals surface area contributed by atoms with E-state index in [-0.39, 0.29) is 37.2 Å². The summed E-state index contributed by atoms with van der Waals surface area (Å²) in [5.74, 6) is -0.634. The highest BCUT2D eigenvalue weighted by Crippen LogP contribution is 2.29. The average molecular weight is 363 g/mol. The second-order valence-corrected chi connectivity index (χ2v) is 7.03. The Hall–Kier alpha value is -2.24. The lowest BCUT2D eigenvalue weighted by Crippen LogP contribution is -2.45. The van der Waals surface area contributed by atoms with E-state index in [4.69, 9.17) is 4.74 Å². The van der Waals surface area contributed by atoms with Crippen LogP contribution in [0, 0.1) is 17.7 Å². The molecule has 1 aliphatic carbocycles. The quantitative estimate of drug-likeness (QED) is 0.596. The van der Waals surface area contributed by atoms with Crippen molar-refractivity contribution in [2.24, 2.45) is 11.8 Å². The van der Waals surface area contributed by atoms with Crippen LogP contribution < -0.4 is 5.32 Å². The summed E-state index contributed by atoms with van der Waals surface area (Å²) in [6.45, 7) is 3.98. The molecule has 1 saturated carbocycles. The summed E-state index contributed by atoms with van der Waals surface area (Å²) >= 11 is 0. The Morgan fingerprint density at radius 3 is 2.50 bits per heavy atom. The molecule has 2 rings (SSSR count). The number of rotatable bonds is 7. The van der Waals surface area contributed by atoms with E-state index < -0.39 is 11.8 Å². The minimum absolute atomic E-state index is 0.0384. The number of hydrogen-bond acceptors (Lipinski definition) is 4. The van der Waals surface area contributed by atoms with Gasteiger partial charge in [0.2, 0.25) is 0 Å². The number of ketones is 1. The Bertz CT molecular complexity index is 644. The van der Waals surface area contributed by atoms with Crippen LogP contribution in [0.2, 0.25) is 0 Å². The van der Waals surface area contributed by atoms with Crippen molar-refractivity contribution in [1.29, 1.82) is 0 Å². The maximum Gasteiger partial charge on any atom is 0.306 e. The lowest BCUT2D eigenvalue weighted by atomic mass is 9.78. The Morgan fingerprint density at radius 1 is 1.12 bits per heavy atom. The zero-order valence-corrected chi connectivity index (χ0v) is 15.3. The topological polar surface area (TPSA) is 72.5 Å². The number of ether oxygens (including phenoxy) is 1. The highest BCUT2D eigenvalue weighted by molar-refractivity contribution is 5.97. The van der Waals surface area contributed by atoms with Crippen molar-refractivity contribution in [3.8, 4) is 0 Å². The standard InChI is InChI=1S/C20H26FNO4/c1-13-4-3-5-17(14(13)2)22-19(24)12-26-20(25)11-10-18(23)15-6-8-16(21)9-7-15/h6-9,13-14,17H,3-5,10-12H2,1-2H3,(H,22,24)/t13-,14-,17-/m1/s1. The van der Waals surface area contributed by atoms with E-state index in [1.807, 2.05) is 0 Å². The molecule has 0 heterocycles. The van der Waals surface area contributed by atoms with Crippen LogP contribution in [0.3, 0.4) is 0 Å². The third kappa shape index (κ3) is 5.93. The number of Topliss-reactive ketones (excluding diaryl/α,β-unsaturated/α-hetero) is 1. The molecule has 1 N–H and O–H groups in total. The summed E-state index contributed by atoms with van der Waals surface area (Å²) in [7, 11) is 0. The van der Waals surface area contributed by atoms with E-state index in [9.17, 15) is 18.8 Å². The van der Waals surface area contributed by atoms with Crippen LogP contribution in [0.1, 0.15) is 56.3 Å². The highest BCUT2D eigenvalue weighted by Gasteiger charge is 2.28. The summed E-state index contributed by atoms with van der Waals surface area (Å²) in [4.78, 5) is 35.6. The highest BCUT2D eigenvalue weighted by atomic mass is 19.1. The van der Waals surface area contributed by atoms with Gasteiger partial charge in [0.15, 0.2) is 12.4 Å². The molecule has 1 amide bonds. The smallest absolute Gasteiger partial charge is 0.306 e. The number of hydrogen-bond donors (Lipinski definition) is 1. The van der Waals surface area contributed by atoms with Crippen molar-refractivity contribution < 1.29 is 23.5 Å². The van der Waals surface area contributed by atoms with Crippen molar-refractivity contribution in [3.05, 3.63) is 35.6 Å². The van der Waals surface area contributed by atoms with Crippen molar-refractivity contribution in [1.82, 2.24) is 5.32 Å². The first-order valence-corrected chi connectivity index (χ1v) is 9.10. The van der Waals surface area contributed by atoms with Gasteiger partial charge in [-0.2, -0.15) is 0 Å². The van der Waals surface area contributed by atoms with Gasteiger partial charge in [-0.1, -0.05) is 26.7 Å². The van der Waals surface area contributed by atoms with Crippen molar-refractivity contribution in [3.63, 3.8) is 0 Å². The molecule has 0 aliphatic heterocycles. The van der Waals surface area contributed by atoms with Crippen molar-refractivity contribution in [2.45, 2.75) is 52.0 Å². The predicted octanol–water partition coefficient (Wildman–Crippen LogP) is 3.27. The van der Waals surface area contributed by atoms with Gasteiger partial charge in [-0.25, -0.2) is 4.39 Å². The van der Waals surface area contributed by atoms with Gasteiger partial charge in [0.05, 0.1) is 6.42 Å². The Labute approximate surface area is 153 Å². The van der Waals surface area contributed by atoms with Crippen LogP contribution in [0.15, 0.2) is 24.3 Å². The molecule has 6 heteroatoms. The number of carbonyl (C=O) groups excluding carboxylic acids is 3. The summed E-state index contributed by atoms with van der Waals surface area (Å²) in [6, 6.07) is 5.27. The normalized spacial score (nSPS) is 22.5. The number of benzene rings is 1. The molecule has 1 aromatic rings. The Kier molecular flexibility index (Phi) is 7.30. The zero-order valence-electron chi connectivity index (χ0n) is 15.3. The molecule has 26 heavy (non-hydrogen) atoms. The maximum atomic E-state index is 12.8.